The van der Waals surface area contributed by atoms with Gasteiger partial charge in [0.1, 0.15) is 11.6 Å². The Labute approximate surface area is 162 Å². The number of anilines is 1. The van der Waals surface area contributed by atoms with Crippen LogP contribution in [0.5, 0.6) is 5.75 Å². The topological polar surface area (TPSA) is 55.8 Å². The molecule has 1 aliphatic rings. The van der Waals surface area contributed by atoms with Crippen molar-refractivity contribution in [1.82, 2.24) is 0 Å². The molecule has 0 radical (unpaired) electrons. The van der Waals surface area contributed by atoms with E-state index in [1.54, 1.807) is 63.4 Å². The standard InChI is InChI=1S/C22H20FNO4/c1-4-28-22(26)20-14(2)24(17-9-11-18(27-3)12-10-17)21(25)19(20)13-15-5-7-16(23)8-6-15/h5-13H,4H2,1-3H3/b19-13-. The van der Waals surface area contributed by atoms with E-state index >= 15 is 0 Å². The number of ether oxygens (including phenoxy) is 2. The zero-order valence-electron chi connectivity index (χ0n) is 15.9. The largest absolute Gasteiger partial charge is 0.497 e. The molecule has 1 amide bonds. The molecule has 2 aromatic rings. The van der Waals surface area contributed by atoms with Gasteiger partial charge in [0, 0.05) is 11.4 Å². The maximum absolute atomic E-state index is 13.2. The van der Waals surface area contributed by atoms with Gasteiger partial charge in [-0.15, -0.1) is 0 Å². The number of allylic oxidation sites excluding steroid dienone is 1. The average Bonchev–Trinajstić information content (AvgIpc) is 2.93. The Morgan fingerprint density at radius 1 is 1.11 bits per heavy atom. The Bertz CT molecular complexity index is 959. The fourth-order valence-corrected chi connectivity index (χ4v) is 3.05. The number of hydrogen-bond donors (Lipinski definition) is 0. The van der Waals surface area contributed by atoms with E-state index in [1.165, 1.54) is 17.0 Å². The number of carbonyl (C=O) groups excluding carboxylic acids is 2. The summed E-state index contributed by atoms with van der Waals surface area (Å²) in [5.41, 5.74) is 2.09. The molecule has 0 saturated heterocycles. The van der Waals surface area contributed by atoms with Crippen molar-refractivity contribution in [3.05, 3.63) is 76.8 Å². The van der Waals surface area contributed by atoms with E-state index in [0.29, 0.717) is 22.7 Å². The second-order valence-corrected chi connectivity index (χ2v) is 6.13. The number of benzene rings is 2. The highest BCUT2D eigenvalue weighted by molar-refractivity contribution is 6.23. The van der Waals surface area contributed by atoms with E-state index in [1.807, 2.05) is 0 Å². The minimum absolute atomic E-state index is 0.191. The van der Waals surface area contributed by atoms with Crippen molar-refractivity contribution in [2.24, 2.45) is 0 Å². The summed E-state index contributed by atoms with van der Waals surface area (Å²) in [5, 5.41) is 0. The lowest BCUT2D eigenvalue weighted by molar-refractivity contribution is -0.138. The normalized spacial score (nSPS) is 15.4. The molecule has 1 aliphatic heterocycles. The lowest BCUT2D eigenvalue weighted by Crippen LogP contribution is -2.24. The first kappa shape index (κ1) is 19.4. The molecule has 6 heteroatoms. The summed E-state index contributed by atoms with van der Waals surface area (Å²) in [4.78, 5) is 27.2. The number of halogens is 1. The van der Waals surface area contributed by atoms with Gasteiger partial charge in [-0.1, -0.05) is 12.1 Å². The molecule has 0 unspecified atom stereocenters. The van der Waals surface area contributed by atoms with Gasteiger partial charge >= 0.3 is 5.97 Å². The van der Waals surface area contributed by atoms with Crippen LogP contribution in [0.4, 0.5) is 10.1 Å². The highest BCUT2D eigenvalue weighted by Gasteiger charge is 2.38. The van der Waals surface area contributed by atoms with Gasteiger partial charge in [-0.3, -0.25) is 9.69 Å². The van der Waals surface area contributed by atoms with Crippen LogP contribution in [0.15, 0.2) is 65.4 Å². The third-order valence-electron chi connectivity index (χ3n) is 4.39. The molecule has 2 aromatic carbocycles. The van der Waals surface area contributed by atoms with E-state index in [-0.39, 0.29) is 29.5 Å². The summed E-state index contributed by atoms with van der Waals surface area (Å²) in [5.74, 6) is -0.644. The van der Waals surface area contributed by atoms with Crippen LogP contribution in [0.1, 0.15) is 19.4 Å². The van der Waals surface area contributed by atoms with Gasteiger partial charge in [0.2, 0.25) is 0 Å². The van der Waals surface area contributed by atoms with Gasteiger partial charge in [-0.05, 0) is 61.9 Å². The van der Waals surface area contributed by atoms with Crippen LogP contribution in [0.25, 0.3) is 6.08 Å². The molecule has 0 spiro atoms. The first-order valence-electron chi connectivity index (χ1n) is 8.80. The van der Waals surface area contributed by atoms with E-state index < -0.39 is 5.97 Å². The summed E-state index contributed by atoms with van der Waals surface area (Å²) in [6.07, 6.45) is 1.57. The van der Waals surface area contributed by atoms with Gasteiger partial charge in [0.05, 0.1) is 24.9 Å². The minimum atomic E-state index is -0.572. The van der Waals surface area contributed by atoms with Crippen molar-refractivity contribution in [2.45, 2.75) is 13.8 Å². The second-order valence-electron chi connectivity index (χ2n) is 6.13. The fraction of sp³-hybridized carbons (Fsp3) is 0.182. The molecule has 28 heavy (non-hydrogen) atoms. The third kappa shape index (κ3) is 3.67. The monoisotopic (exact) mass is 381 g/mol. The van der Waals surface area contributed by atoms with E-state index in [9.17, 15) is 14.0 Å². The molecule has 5 nitrogen and oxygen atoms in total. The lowest BCUT2D eigenvalue weighted by Gasteiger charge is -2.18. The Morgan fingerprint density at radius 3 is 2.32 bits per heavy atom. The third-order valence-corrected chi connectivity index (χ3v) is 4.39. The van der Waals surface area contributed by atoms with E-state index in [2.05, 4.69) is 0 Å². The van der Waals surface area contributed by atoms with Crippen LogP contribution in [0, 0.1) is 5.82 Å². The van der Waals surface area contributed by atoms with Gasteiger partial charge in [-0.25, -0.2) is 9.18 Å². The number of methoxy groups -OCH3 is 1. The van der Waals surface area contributed by atoms with Crippen LogP contribution in [-0.2, 0) is 14.3 Å². The maximum Gasteiger partial charge on any atom is 0.340 e. The van der Waals surface area contributed by atoms with Crippen LogP contribution < -0.4 is 9.64 Å². The quantitative estimate of drug-likeness (QED) is 0.578. The van der Waals surface area contributed by atoms with E-state index in [0.717, 1.165) is 0 Å². The maximum atomic E-state index is 13.2. The van der Waals surface area contributed by atoms with Crippen LogP contribution in [-0.4, -0.2) is 25.6 Å². The van der Waals surface area contributed by atoms with Crippen molar-refractivity contribution in [3.8, 4) is 5.75 Å². The summed E-state index contributed by atoms with van der Waals surface area (Å²) >= 11 is 0. The predicted octanol–water partition coefficient (Wildman–Crippen LogP) is 4.10. The Balaban J connectivity index is 2.09. The highest BCUT2D eigenvalue weighted by atomic mass is 19.1. The van der Waals surface area contributed by atoms with Crippen molar-refractivity contribution < 1.29 is 23.5 Å². The molecule has 0 N–H and O–H groups in total. The Hall–Kier alpha value is -3.41. The lowest BCUT2D eigenvalue weighted by atomic mass is 10.0. The number of nitrogens with zero attached hydrogens (tertiary/aromatic N) is 1. The van der Waals surface area contributed by atoms with Gasteiger partial charge < -0.3 is 9.47 Å². The van der Waals surface area contributed by atoms with Gasteiger partial charge in [0.25, 0.3) is 5.91 Å². The number of carbonyl (C=O) groups is 2. The molecular weight excluding hydrogens is 361 g/mol. The second kappa shape index (κ2) is 8.08. The molecule has 0 fully saturated rings. The van der Waals surface area contributed by atoms with Crippen LogP contribution in [0.2, 0.25) is 0 Å². The zero-order valence-corrected chi connectivity index (χ0v) is 15.9. The molecule has 0 saturated carbocycles. The number of hydrogen-bond acceptors (Lipinski definition) is 4. The summed E-state index contributed by atoms with van der Waals surface area (Å²) in [6, 6.07) is 12.6. The van der Waals surface area contributed by atoms with Crippen molar-refractivity contribution in [3.63, 3.8) is 0 Å². The van der Waals surface area contributed by atoms with Crippen LogP contribution in [0.3, 0.4) is 0 Å². The molecule has 144 valence electrons. The first-order valence-corrected chi connectivity index (χ1v) is 8.80. The predicted molar refractivity (Wildman–Crippen MR) is 104 cm³/mol. The Kier molecular flexibility index (Phi) is 5.59. The molecule has 0 aliphatic carbocycles. The molecule has 1 heterocycles. The summed E-state index contributed by atoms with van der Waals surface area (Å²) in [7, 11) is 1.56. The first-order chi connectivity index (χ1) is 13.5. The summed E-state index contributed by atoms with van der Waals surface area (Å²) < 4.78 is 23.5. The van der Waals surface area contributed by atoms with Gasteiger partial charge in [0.15, 0.2) is 0 Å². The molecule has 0 atom stereocenters. The highest BCUT2D eigenvalue weighted by Crippen LogP contribution is 2.36. The molecule has 0 aromatic heterocycles. The van der Waals surface area contributed by atoms with Crippen molar-refractivity contribution >= 4 is 23.6 Å². The molecule has 3 rings (SSSR count). The minimum Gasteiger partial charge on any atom is -0.497 e. The van der Waals surface area contributed by atoms with E-state index in [4.69, 9.17) is 9.47 Å². The van der Waals surface area contributed by atoms with Crippen molar-refractivity contribution in [1.29, 1.82) is 0 Å². The summed E-state index contributed by atoms with van der Waals surface area (Å²) in [6.45, 7) is 3.59. The molecule has 0 bridgehead atoms. The Morgan fingerprint density at radius 2 is 1.75 bits per heavy atom. The van der Waals surface area contributed by atoms with Gasteiger partial charge in [-0.2, -0.15) is 0 Å². The fourth-order valence-electron chi connectivity index (χ4n) is 3.05. The van der Waals surface area contributed by atoms with Crippen molar-refractivity contribution in [2.75, 3.05) is 18.6 Å². The zero-order chi connectivity index (χ0) is 20.3. The number of rotatable bonds is 5. The van der Waals surface area contributed by atoms with Crippen LogP contribution >= 0.6 is 0 Å². The smallest absolute Gasteiger partial charge is 0.340 e. The SMILES string of the molecule is CCOC(=O)C1=C(C)N(c2ccc(OC)cc2)C(=O)/C1=C\c1ccc(F)cc1. The average molecular weight is 381 g/mol. The molecular formula is C22H20FNO4. The number of amides is 1. The number of esters is 1.